The summed E-state index contributed by atoms with van der Waals surface area (Å²) >= 11 is 0. The lowest BCUT2D eigenvalue weighted by Gasteiger charge is -2.18. The predicted molar refractivity (Wildman–Crippen MR) is 87.3 cm³/mol. The molecule has 0 aliphatic heterocycles. The molecule has 0 aliphatic rings. The Bertz CT molecular complexity index is 559. The molecule has 2 atom stereocenters. The minimum Gasteiger partial charge on any atom is -0.481 e. The van der Waals surface area contributed by atoms with Crippen LogP contribution in [0.1, 0.15) is 38.2 Å². The van der Waals surface area contributed by atoms with Gasteiger partial charge in [-0.3, -0.25) is 19.6 Å². The molecule has 0 heterocycles. The van der Waals surface area contributed by atoms with Gasteiger partial charge in [-0.25, -0.2) is 5.48 Å². The Morgan fingerprint density at radius 1 is 1.04 bits per heavy atom. The van der Waals surface area contributed by atoms with E-state index in [2.05, 4.69) is 5.32 Å². The van der Waals surface area contributed by atoms with Gasteiger partial charge in [0.05, 0.1) is 5.92 Å². The van der Waals surface area contributed by atoms with Gasteiger partial charge in [0.1, 0.15) is 5.92 Å². The summed E-state index contributed by atoms with van der Waals surface area (Å²) in [6.07, 6.45) is 0.908. The highest BCUT2D eigenvalue weighted by molar-refractivity contribution is 6.00. The third kappa shape index (κ3) is 6.00. The molecule has 0 spiro atoms. The second-order valence-corrected chi connectivity index (χ2v) is 6.05. The minimum atomic E-state index is -1.06. The number of hydrogen-bond acceptors (Lipinski definition) is 4. The van der Waals surface area contributed by atoms with Crippen LogP contribution in [0.15, 0.2) is 30.3 Å². The van der Waals surface area contributed by atoms with Gasteiger partial charge in [-0.1, -0.05) is 44.2 Å². The van der Waals surface area contributed by atoms with E-state index in [0.717, 1.165) is 0 Å². The Balaban J connectivity index is 2.74. The maximum atomic E-state index is 12.2. The predicted octanol–water partition coefficient (Wildman–Crippen LogP) is 1.53. The summed E-state index contributed by atoms with van der Waals surface area (Å²) in [5, 5.41) is 20.6. The smallest absolute Gasteiger partial charge is 0.312 e. The van der Waals surface area contributed by atoms with E-state index < -0.39 is 29.6 Å². The van der Waals surface area contributed by atoms with Gasteiger partial charge in [0.2, 0.25) is 5.91 Å². The molecule has 0 aromatic heterocycles. The summed E-state index contributed by atoms with van der Waals surface area (Å²) in [4.78, 5) is 35.3. The summed E-state index contributed by atoms with van der Waals surface area (Å²) in [5.41, 5.74) is 2.06. The van der Waals surface area contributed by atoms with E-state index in [9.17, 15) is 19.5 Å². The van der Waals surface area contributed by atoms with Gasteiger partial charge in [-0.15, -0.1) is 0 Å². The van der Waals surface area contributed by atoms with Gasteiger partial charge in [-0.05, 0) is 24.3 Å². The van der Waals surface area contributed by atoms with Crippen LogP contribution in [0.5, 0.6) is 0 Å². The fourth-order valence-corrected chi connectivity index (χ4v) is 2.32. The zero-order valence-electron chi connectivity index (χ0n) is 13.9. The normalized spacial score (nSPS) is 13.2. The summed E-state index contributed by atoms with van der Waals surface area (Å²) in [7, 11) is 0. The van der Waals surface area contributed by atoms with E-state index in [1.807, 2.05) is 13.8 Å². The van der Waals surface area contributed by atoms with Crippen LogP contribution in [0.3, 0.4) is 0 Å². The molecule has 0 saturated carbocycles. The maximum absolute atomic E-state index is 12.2. The van der Waals surface area contributed by atoms with Crippen LogP contribution >= 0.6 is 0 Å². The van der Waals surface area contributed by atoms with Crippen LogP contribution in [0.2, 0.25) is 0 Å². The number of benzene rings is 1. The summed E-state index contributed by atoms with van der Waals surface area (Å²) in [5.74, 6) is -4.11. The molecule has 132 valence electrons. The largest absolute Gasteiger partial charge is 0.481 e. The number of hydrogen-bond donors (Lipinski definition) is 4. The summed E-state index contributed by atoms with van der Waals surface area (Å²) in [6, 6.07) is 8.55. The first kappa shape index (κ1) is 19.6. The molecule has 0 aliphatic carbocycles. The van der Waals surface area contributed by atoms with E-state index in [4.69, 9.17) is 5.21 Å². The molecule has 24 heavy (non-hydrogen) atoms. The molecular weight excluding hydrogens is 312 g/mol. The second-order valence-electron chi connectivity index (χ2n) is 6.05. The minimum absolute atomic E-state index is 0.130. The first-order chi connectivity index (χ1) is 11.4. The molecule has 7 heteroatoms. The number of amides is 2. The highest BCUT2D eigenvalue weighted by atomic mass is 16.5. The molecule has 0 bridgehead atoms. The monoisotopic (exact) mass is 336 g/mol. The van der Waals surface area contributed by atoms with Crippen molar-refractivity contribution in [2.75, 3.05) is 6.54 Å². The number of rotatable bonds is 9. The molecule has 7 nitrogen and oxygen atoms in total. The van der Waals surface area contributed by atoms with Crippen LogP contribution < -0.4 is 10.8 Å². The Hall–Kier alpha value is -2.41. The number of carboxylic acids is 1. The molecule has 2 amide bonds. The van der Waals surface area contributed by atoms with Crippen molar-refractivity contribution in [2.24, 2.45) is 11.8 Å². The number of carbonyl (C=O) groups is 3. The molecule has 4 N–H and O–H groups in total. The lowest BCUT2D eigenvalue weighted by molar-refractivity contribution is -0.141. The van der Waals surface area contributed by atoms with E-state index in [1.165, 1.54) is 5.48 Å². The van der Waals surface area contributed by atoms with Crippen molar-refractivity contribution in [3.05, 3.63) is 35.9 Å². The average Bonchev–Trinajstić information content (AvgIpc) is 2.55. The molecule has 0 fully saturated rings. The van der Waals surface area contributed by atoms with Gasteiger partial charge < -0.3 is 10.4 Å². The van der Waals surface area contributed by atoms with Gasteiger partial charge in [0.25, 0.3) is 5.91 Å². The summed E-state index contributed by atoms with van der Waals surface area (Å²) in [6.45, 7) is 3.79. The molecular formula is C17H24N2O5. The number of nitrogens with one attached hydrogen (secondary N) is 2. The van der Waals surface area contributed by atoms with Crippen molar-refractivity contribution in [3.8, 4) is 0 Å². The molecule has 2 unspecified atom stereocenters. The van der Waals surface area contributed by atoms with Crippen LogP contribution in [0.25, 0.3) is 0 Å². The van der Waals surface area contributed by atoms with Crippen LogP contribution in [-0.2, 0) is 14.4 Å². The van der Waals surface area contributed by atoms with E-state index >= 15 is 0 Å². The highest BCUT2D eigenvalue weighted by Gasteiger charge is 2.28. The molecule has 0 saturated heterocycles. The van der Waals surface area contributed by atoms with Gasteiger partial charge in [-0.2, -0.15) is 0 Å². The van der Waals surface area contributed by atoms with Crippen molar-refractivity contribution < 1.29 is 24.7 Å². The highest BCUT2D eigenvalue weighted by Crippen LogP contribution is 2.16. The van der Waals surface area contributed by atoms with Crippen LogP contribution in [0.4, 0.5) is 0 Å². The van der Waals surface area contributed by atoms with E-state index in [-0.39, 0.29) is 13.0 Å². The second kappa shape index (κ2) is 9.67. The van der Waals surface area contributed by atoms with Crippen LogP contribution in [-0.4, -0.2) is 34.6 Å². The van der Waals surface area contributed by atoms with Gasteiger partial charge >= 0.3 is 5.97 Å². The maximum Gasteiger partial charge on any atom is 0.312 e. The van der Waals surface area contributed by atoms with Gasteiger partial charge in [0.15, 0.2) is 0 Å². The number of hydroxylamine groups is 1. The topological polar surface area (TPSA) is 116 Å². The molecule has 1 aromatic rings. The third-order valence-corrected chi connectivity index (χ3v) is 3.76. The average molecular weight is 336 g/mol. The lowest BCUT2D eigenvalue weighted by Crippen LogP contribution is -2.42. The zero-order chi connectivity index (χ0) is 18.1. The Labute approximate surface area is 141 Å². The Kier molecular flexibility index (Phi) is 7.91. The molecule has 1 rings (SSSR count). The number of carboxylic acid groups (broad SMARTS) is 1. The number of carbonyl (C=O) groups excluding carboxylic acids is 2. The molecule has 0 radical (unpaired) electrons. The van der Waals surface area contributed by atoms with E-state index in [0.29, 0.717) is 17.9 Å². The lowest BCUT2D eigenvalue weighted by atomic mass is 9.95. The summed E-state index contributed by atoms with van der Waals surface area (Å²) < 4.78 is 0. The van der Waals surface area contributed by atoms with E-state index in [1.54, 1.807) is 30.3 Å². The first-order valence-corrected chi connectivity index (χ1v) is 7.86. The van der Waals surface area contributed by atoms with Crippen LogP contribution in [0, 0.1) is 11.8 Å². The molecule has 1 aromatic carbocycles. The van der Waals surface area contributed by atoms with Crippen molar-refractivity contribution in [2.45, 2.75) is 32.6 Å². The Morgan fingerprint density at radius 3 is 2.17 bits per heavy atom. The van der Waals surface area contributed by atoms with Crippen molar-refractivity contribution >= 4 is 17.8 Å². The van der Waals surface area contributed by atoms with Crippen molar-refractivity contribution in [1.82, 2.24) is 10.8 Å². The fraction of sp³-hybridized carbons (Fsp3) is 0.471. The standard InChI is InChI=1S/C17H24N2O5/c1-11(2)8-9-13(16(21)19-24)15(20)18-10-14(17(22)23)12-6-4-3-5-7-12/h3-7,11,13-14,24H,8-10H2,1-2H3,(H,18,20)(H,19,21)(H,22,23). The third-order valence-electron chi connectivity index (χ3n) is 3.76. The van der Waals surface area contributed by atoms with Crippen molar-refractivity contribution in [3.63, 3.8) is 0 Å². The first-order valence-electron chi connectivity index (χ1n) is 7.86. The number of aliphatic carboxylic acids is 1. The van der Waals surface area contributed by atoms with Gasteiger partial charge in [0, 0.05) is 6.54 Å². The SMILES string of the molecule is CC(C)CCC(C(=O)NO)C(=O)NCC(C(=O)O)c1ccccc1. The zero-order valence-corrected chi connectivity index (χ0v) is 13.9. The van der Waals surface area contributed by atoms with Crippen molar-refractivity contribution in [1.29, 1.82) is 0 Å². The fourth-order valence-electron chi connectivity index (χ4n) is 2.32. The Morgan fingerprint density at radius 2 is 1.67 bits per heavy atom. The quantitative estimate of drug-likeness (QED) is 0.310.